The summed E-state index contributed by atoms with van der Waals surface area (Å²) in [5.41, 5.74) is 0.280. The van der Waals surface area contributed by atoms with Gasteiger partial charge in [-0.15, -0.1) is 0 Å². The number of benzene rings is 2. The van der Waals surface area contributed by atoms with E-state index < -0.39 is 29.1 Å². The SMILES string of the molecule is COc1ccccc1N1CCN(C(=O)C(NC(=O)c2c(F)cccc2F)C(C)C)CC1. The van der Waals surface area contributed by atoms with Crippen molar-refractivity contribution < 1.29 is 23.1 Å². The molecule has 1 fully saturated rings. The van der Waals surface area contributed by atoms with Crippen LogP contribution in [-0.2, 0) is 4.79 Å². The minimum absolute atomic E-state index is 0.251. The number of amides is 2. The first kappa shape index (κ1) is 22.5. The third kappa shape index (κ3) is 4.95. The Morgan fingerprint density at radius 2 is 1.58 bits per heavy atom. The molecule has 31 heavy (non-hydrogen) atoms. The first-order chi connectivity index (χ1) is 14.8. The number of nitrogens with one attached hydrogen (secondary N) is 1. The number of anilines is 1. The molecule has 2 amide bonds. The summed E-state index contributed by atoms with van der Waals surface area (Å²) in [5, 5.41) is 2.53. The zero-order valence-electron chi connectivity index (χ0n) is 17.9. The number of halogens is 2. The molecule has 1 heterocycles. The maximum atomic E-state index is 14.0. The fourth-order valence-electron chi connectivity index (χ4n) is 3.70. The Morgan fingerprint density at radius 1 is 0.968 bits per heavy atom. The van der Waals surface area contributed by atoms with Crippen LogP contribution in [0.25, 0.3) is 0 Å². The molecule has 0 bridgehead atoms. The Morgan fingerprint density at radius 3 is 2.16 bits per heavy atom. The van der Waals surface area contributed by atoms with Crippen LogP contribution in [0.1, 0.15) is 24.2 Å². The lowest BCUT2D eigenvalue weighted by atomic mass is 10.0. The van der Waals surface area contributed by atoms with Crippen LogP contribution in [-0.4, -0.2) is 56.0 Å². The molecule has 1 atom stereocenters. The van der Waals surface area contributed by atoms with Crippen molar-refractivity contribution in [3.05, 3.63) is 59.7 Å². The van der Waals surface area contributed by atoms with Crippen molar-refractivity contribution in [2.24, 2.45) is 5.92 Å². The average Bonchev–Trinajstić information content (AvgIpc) is 2.76. The van der Waals surface area contributed by atoms with Gasteiger partial charge in [-0.25, -0.2) is 8.78 Å². The standard InChI is InChI=1S/C23H27F2N3O3/c1-15(2)21(26-22(29)20-16(24)7-6-8-17(20)25)23(30)28-13-11-27(12-14-28)18-9-4-5-10-19(18)31-3/h4-10,15,21H,11-14H2,1-3H3,(H,26,29). The molecule has 0 aliphatic carbocycles. The first-order valence-corrected chi connectivity index (χ1v) is 10.2. The lowest BCUT2D eigenvalue weighted by Crippen LogP contribution is -2.56. The molecule has 3 rings (SSSR count). The minimum atomic E-state index is -0.960. The highest BCUT2D eigenvalue weighted by Gasteiger charge is 2.32. The summed E-state index contributed by atoms with van der Waals surface area (Å²) in [6, 6.07) is 10.0. The molecule has 2 aromatic carbocycles. The molecule has 2 aromatic rings. The monoisotopic (exact) mass is 431 g/mol. The van der Waals surface area contributed by atoms with Crippen molar-refractivity contribution in [3.63, 3.8) is 0 Å². The molecule has 1 saturated heterocycles. The minimum Gasteiger partial charge on any atom is -0.495 e. The van der Waals surface area contributed by atoms with E-state index in [1.54, 1.807) is 25.9 Å². The first-order valence-electron chi connectivity index (χ1n) is 10.2. The molecule has 1 unspecified atom stereocenters. The summed E-state index contributed by atoms with van der Waals surface area (Å²) in [5.74, 6) is -2.61. The number of ether oxygens (including phenoxy) is 1. The van der Waals surface area contributed by atoms with Gasteiger partial charge in [0.05, 0.1) is 12.8 Å². The van der Waals surface area contributed by atoms with Crippen LogP contribution in [0.4, 0.5) is 14.5 Å². The summed E-state index contributed by atoms with van der Waals surface area (Å²) < 4.78 is 33.3. The van der Waals surface area contributed by atoms with E-state index in [1.807, 2.05) is 24.3 Å². The lowest BCUT2D eigenvalue weighted by molar-refractivity contribution is -0.134. The largest absolute Gasteiger partial charge is 0.495 e. The number of rotatable bonds is 6. The molecule has 6 nitrogen and oxygen atoms in total. The van der Waals surface area contributed by atoms with Gasteiger partial charge >= 0.3 is 0 Å². The number of carbonyl (C=O) groups is 2. The van der Waals surface area contributed by atoms with Crippen LogP contribution in [0.5, 0.6) is 5.75 Å². The number of para-hydroxylation sites is 2. The van der Waals surface area contributed by atoms with E-state index in [-0.39, 0.29) is 11.8 Å². The van der Waals surface area contributed by atoms with Crippen molar-refractivity contribution in [3.8, 4) is 5.75 Å². The topological polar surface area (TPSA) is 61.9 Å². The van der Waals surface area contributed by atoms with Gasteiger partial charge in [0, 0.05) is 26.2 Å². The predicted molar refractivity (Wildman–Crippen MR) is 114 cm³/mol. The molecule has 1 N–H and O–H groups in total. The van der Waals surface area contributed by atoms with Crippen LogP contribution < -0.4 is 15.0 Å². The quantitative estimate of drug-likeness (QED) is 0.764. The van der Waals surface area contributed by atoms with E-state index in [0.29, 0.717) is 26.2 Å². The van der Waals surface area contributed by atoms with Gasteiger partial charge in [0.1, 0.15) is 29.0 Å². The Kier molecular flexibility index (Phi) is 7.09. The fraction of sp³-hybridized carbons (Fsp3) is 0.391. The maximum Gasteiger partial charge on any atom is 0.257 e. The van der Waals surface area contributed by atoms with Gasteiger partial charge < -0.3 is 19.9 Å². The second kappa shape index (κ2) is 9.76. The molecule has 8 heteroatoms. The zero-order chi connectivity index (χ0) is 22.5. The smallest absolute Gasteiger partial charge is 0.257 e. The number of carbonyl (C=O) groups excluding carboxylic acids is 2. The molecular formula is C23H27F2N3O3. The van der Waals surface area contributed by atoms with E-state index in [0.717, 1.165) is 23.6 Å². The van der Waals surface area contributed by atoms with Gasteiger partial charge in [-0.2, -0.15) is 0 Å². The molecule has 166 valence electrons. The molecular weight excluding hydrogens is 404 g/mol. The number of piperazine rings is 1. The molecule has 0 spiro atoms. The third-order valence-electron chi connectivity index (χ3n) is 5.43. The molecule has 1 aliphatic rings. The van der Waals surface area contributed by atoms with Gasteiger partial charge in [0.2, 0.25) is 5.91 Å². The molecule has 1 aliphatic heterocycles. The molecule has 0 aromatic heterocycles. The Bertz CT molecular complexity index is 923. The third-order valence-corrected chi connectivity index (χ3v) is 5.43. The second-order valence-corrected chi connectivity index (χ2v) is 7.78. The molecule has 0 radical (unpaired) electrons. The highest BCUT2D eigenvalue weighted by atomic mass is 19.1. The highest BCUT2D eigenvalue weighted by molar-refractivity contribution is 5.98. The Balaban J connectivity index is 1.68. The maximum absolute atomic E-state index is 14.0. The van der Waals surface area contributed by atoms with E-state index in [1.165, 1.54) is 6.07 Å². The van der Waals surface area contributed by atoms with Crippen LogP contribution in [0, 0.1) is 17.6 Å². The van der Waals surface area contributed by atoms with E-state index in [2.05, 4.69) is 10.2 Å². The number of hydrogen-bond donors (Lipinski definition) is 1. The average molecular weight is 431 g/mol. The van der Waals surface area contributed by atoms with E-state index >= 15 is 0 Å². The van der Waals surface area contributed by atoms with E-state index in [9.17, 15) is 18.4 Å². The van der Waals surface area contributed by atoms with Crippen molar-refractivity contribution in [2.75, 3.05) is 38.2 Å². The van der Waals surface area contributed by atoms with Gasteiger partial charge in [-0.05, 0) is 30.2 Å². The Labute approximate surface area is 180 Å². The summed E-state index contributed by atoms with van der Waals surface area (Å²) in [6.07, 6.45) is 0. The van der Waals surface area contributed by atoms with Crippen molar-refractivity contribution in [1.82, 2.24) is 10.2 Å². The van der Waals surface area contributed by atoms with Crippen molar-refractivity contribution >= 4 is 17.5 Å². The summed E-state index contributed by atoms with van der Waals surface area (Å²) in [7, 11) is 1.62. The van der Waals surface area contributed by atoms with Gasteiger partial charge in [0.15, 0.2) is 0 Å². The van der Waals surface area contributed by atoms with Crippen LogP contribution in [0.15, 0.2) is 42.5 Å². The normalized spacial score (nSPS) is 15.0. The predicted octanol–water partition coefficient (Wildman–Crippen LogP) is 3.08. The lowest BCUT2D eigenvalue weighted by Gasteiger charge is -2.38. The second-order valence-electron chi connectivity index (χ2n) is 7.78. The number of methoxy groups -OCH3 is 1. The van der Waals surface area contributed by atoms with Crippen molar-refractivity contribution in [1.29, 1.82) is 0 Å². The Hall–Kier alpha value is -3.16. The van der Waals surface area contributed by atoms with Crippen LogP contribution in [0.3, 0.4) is 0 Å². The van der Waals surface area contributed by atoms with Gasteiger partial charge in [-0.3, -0.25) is 9.59 Å². The summed E-state index contributed by atoms with van der Waals surface area (Å²) >= 11 is 0. The summed E-state index contributed by atoms with van der Waals surface area (Å²) in [4.78, 5) is 29.4. The van der Waals surface area contributed by atoms with Crippen LogP contribution in [0.2, 0.25) is 0 Å². The van der Waals surface area contributed by atoms with Crippen LogP contribution >= 0.6 is 0 Å². The number of hydrogen-bond acceptors (Lipinski definition) is 4. The van der Waals surface area contributed by atoms with Crippen molar-refractivity contribution in [2.45, 2.75) is 19.9 Å². The zero-order valence-corrected chi connectivity index (χ0v) is 17.9. The van der Waals surface area contributed by atoms with Gasteiger partial charge in [-0.1, -0.05) is 32.0 Å². The van der Waals surface area contributed by atoms with Gasteiger partial charge in [0.25, 0.3) is 5.91 Å². The molecule has 0 saturated carbocycles. The summed E-state index contributed by atoms with van der Waals surface area (Å²) in [6.45, 7) is 5.70. The highest BCUT2D eigenvalue weighted by Crippen LogP contribution is 2.28. The number of nitrogens with zero attached hydrogens (tertiary/aromatic N) is 2. The fourth-order valence-corrected chi connectivity index (χ4v) is 3.70. The van der Waals surface area contributed by atoms with E-state index in [4.69, 9.17) is 4.74 Å².